The molecule has 0 atom stereocenters. The molecule has 0 saturated carbocycles. The second-order valence-corrected chi connectivity index (χ2v) is 3.78. The van der Waals surface area contributed by atoms with Gasteiger partial charge in [0, 0.05) is 0 Å². The van der Waals surface area contributed by atoms with Gasteiger partial charge in [-0.15, -0.1) is 0 Å². The van der Waals surface area contributed by atoms with Crippen molar-refractivity contribution in [3.05, 3.63) is 23.8 Å². The molecule has 0 aromatic heterocycles. The van der Waals surface area contributed by atoms with Crippen molar-refractivity contribution >= 4 is 10.1 Å². The van der Waals surface area contributed by atoms with Gasteiger partial charge in [-0.05, 0) is 30.7 Å². The molecule has 0 aliphatic rings. The zero-order chi connectivity index (χ0) is 9.35. The minimum absolute atomic E-state index is 0. The Labute approximate surface area is 88.5 Å². The first-order valence-electron chi connectivity index (χ1n) is 3.17. The summed E-state index contributed by atoms with van der Waals surface area (Å²) >= 11 is 0. The van der Waals surface area contributed by atoms with Gasteiger partial charge in [-0.25, -0.2) is 8.42 Å². The molecule has 1 aromatic rings. The first-order chi connectivity index (χ1) is 5.41. The van der Waals surface area contributed by atoms with Gasteiger partial charge in [0.15, 0.2) is 0 Å². The Bertz CT molecular complexity index is 399. The molecule has 1 aromatic carbocycles. The monoisotopic (exact) mass is 194 g/mol. The number of hydrogen-bond donors (Lipinski definition) is 1. The molecule has 0 bridgehead atoms. The van der Waals surface area contributed by atoms with Crippen molar-refractivity contribution in [3.63, 3.8) is 0 Å². The third-order valence-electron chi connectivity index (χ3n) is 1.46. The van der Waals surface area contributed by atoms with Crippen LogP contribution in [0.15, 0.2) is 23.1 Å². The molecule has 0 unspecified atom stereocenters. The molecule has 0 aliphatic carbocycles. The van der Waals surface area contributed by atoms with Crippen LogP contribution in [0.25, 0.3) is 0 Å². The molecule has 0 heterocycles. The van der Waals surface area contributed by atoms with E-state index in [2.05, 4.69) is 0 Å². The third-order valence-corrected chi connectivity index (χ3v) is 2.29. The smallest absolute Gasteiger partial charge is 0.744 e. The van der Waals surface area contributed by atoms with E-state index in [-0.39, 0.29) is 29.5 Å². The quantitative estimate of drug-likeness (QED) is 0.399. The van der Waals surface area contributed by atoms with Crippen LogP contribution >= 0.6 is 0 Å². The van der Waals surface area contributed by atoms with E-state index in [0.717, 1.165) is 12.1 Å². The predicted octanol–water partition coefficient (Wildman–Crippen LogP) is -2.39. The zero-order valence-electron chi connectivity index (χ0n) is 7.31. The van der Waals surface area contributed by atoms with Crippen LogP contribution in [-0.2, 0) is 10.1 Å². The first kappa shape index (κ1) is 12.5. The van der Waals surface area contributed by atoms with Crippen LogP contribution in [0, 0.1) is 6.92 Å². The molecule has 1 N–H and O–H groups in total. The largest absolute Gasteiger partial charge is 1.00 e. The van der Waals surface area contributed by atoms with Crippen LogP contribution < -0.4 is 18.9 Å². The Morgan fingerprint density at radius 3 is 2.31 bits per heavy atom. The number of aromatic hydroxyl groups is 1. The summed E-state index contributed by atoms with van der Waals surface area (Å²) in [6.07, 6.45) is 0. The SMILES string of the molecule is Cc1cc(S(=O)(=O)[O-])ccc1O.[Li+]. The van der Waals surface area contributed by atoms with Crippen LogP contribution in [0.5, 0.6) is 5.75 Å². The first-order valence-corrected chi connectivity index (χ1v) is 4.57. The normalized spacial score (nSPS) is 10.6. The van der Waals surface area contributed by atoms with Gasteiger partial charge >= 0.3 is 18.9 Å². The Balaban J connectivity index is 0.00000144. The topological polar surface area (TPSA) is 77.4 Å². The summed E-state index contributed by atoms with van der Waals surface area (Å²) in [5.74, 6) is -0.0256. The van der Waals surface area contributed by atoms with E-state index >= 15 is 0 Å². The predicted molar refractivity (Wildman–Crippen MR) is 40.8 cm³/mol. The van der Waals surface area contributed by atoms with E-state index in [9.17, 15) is 13.0 Å². The fourth-order valence-corrected chi connectivity index (χ4v) is 1.34. The fraction of sp³-hybridized carbons (Fsp3) is 0.143. The second kappa shape index (κ2) is 4.16. The van der Waals surface area contributed by atoms with E-state index in [1.165, 1.54) is 13.0 Å². The summed E-state index contributed by atoms with van der Waals surface area (Å²) < 4.78 is 31.4. The van der Waals surface area contributed by atoms with Gasteiger partial charge in [-0.2, -0.15) is 0 Å². The summed E-state index contributed by atoms with van der Waals surface area (Å²) in [7, 11) is -4.40. The number of phenols is 1. The van der Waals surface area contributed by atoms with Crippen molar-refractivity contribution in [1.29, 1.82) is 0 Å². The molecule has 0 saturated heterocycles. The third kappa shape index (κ3) is 3.05. The Hall–Kier alpha value is -0.473. The molecular formula is C7H7LiO4S. The molecule has 0 spiro atoms. The molecule has 0 radical (unpaired) electrons. The molecule has 0 amide bonds. The van der Waals surface area contributed by atoms with Gasteiger partial charge in [-0.3, -0.25) is 0 Å². The minimum atomic E-state index is -4.40. The average Bonchev–Trinajstić information content (AvgIpc) is 1.92. The molecule has 0 fully saturated rings. The molecular weight excluding hydrogens is 187 g/mol. The van der Waals surface area contributed by atoms with Crippen molar-refractivity contribution in [2.45, 2.75) is 11.8 Å². The van der Waals surface area contributed by atoms with Gasteiger partial charge < -0.3 is 9.66 Å². The molecule has 13 heavy (non-hydrogen) atoms. The van der Waals surface area contributed by atoms with Gasteiger partial charge in [0.2, 0.25) is 0 Å². The van der Waals surface area contributed by atoms with Crippen molar-refractivity contribution in [2.75, 3.05) is 0 Å². The van der Waals surface area contributed by atoms with E-state index < -0.39 is 10.1 Å². The number of hydrogen-bond acceptors (Lipinski definition) is 4. The van der Waals surface area contributed by atoms with E-state index in [0.29, 0.717) is 5.56 Å². The van der Waals surface area contributed by atoms with E-state index in [4.69, 9.17) is 5.11 Å². The zero-order valence-corrected chi connectivity index (χ0v) is 8.13. The molecule has 0 aliphatic heterocycles. The van der Waals surface area contributed by atoms with Crippen LogP contribution in [0.2, 0.25) is 0 Å². The Morgan fingerprint density at radius 1 is 1.38 bits per heavy atom. The van der Waals surface area contributed by atoms with Crippen LogP contribution in [0.1, 0.15) is 5.56 Å². The van der Waals surface area contributed by atoms with Crippen molar-refractivity contribution in [1.82, 2.24) is 0 Å². The number of benzene rings is 1. The van der Waals surface area contributed by atoms with Gasteiger partial charge in [0.05, 0.1) is 4.90 Å². The minimum Gasteiger partial charge on any atom is -0.744 e. The fourth-order valence-electron chi connectivity index (χ4n) is 0.783. The maximum Gasteiger partial charge on any atom is 1.00 e. The summed E-state index contributed by atoms with van der Waals surface area (Å²) in [4.78, 5) is -0.321. The van der Waals surface area contributed by atoms with Gasteiger partial charge in [0.25, 0.3) is 0 Å². The number of phenolic OH excluding ortho intramolecular Hbond substituents is 1. The summed E-state index contributed by atoms with van der Waals surface area (Å²) in [6, 6.07) is 3.39. The number of rotatable bonds is 1. The second-order valence-electron chi connectivity index (χ2n) is 2.40. The van der Waals surface area contributed by atoms with Crippen molar-refractivity contribution in [3.8, 4) is 5.75 Å². The van der Waals surface area contributed by atoms with Crippen molar-refractivity contribution < 1.29 is 36.9 Å². The Kier molecular flexibility index (Phi) is 4.01. The average molecular weight is 194 g/mol. The molecule has 1 rings (SSSR count). The maximum atomic E-state index is 10.5. The molecule has 66 valence electrons. The van der Waals surface area contributed by atoms with Crippen molar-refractivity contribution in [2.24, 2.45) is 0 Å². The van der Waals surface area contributed by atoms with Crippen LogP contribution in [-0.4, -0.2) is 18.1 Å². The van der Waals surface area contributed by atoms with Gasteiger partial charge in [0.1, 0.15) is 15.9 Å². The van der Waals surface area contributed by atoms with E-state index in [1.807, 2.05) is 0 Å². The number of aryl methyl sites for hydroxylation is 1. The summed E-state index contributed by atoms with van der Waals surface area (Å²) in [5, 5.41) is 9.01. The molecule has 6 heteroatoms. The molecule has 4 nitrogen and oxygen atoms in total. The van der Waals surface area contributed by atoms with Crippen LogP contribution in [0.3, 0.4) is 0 Å². The summed E-state index contributed by atoms with van der Waals surface area (Å²) in [5.41, 5.74) is 0.368. The standard InChI is InChI=1S/C7H8O4S.Li/c1-5-4-6(12(9,10)11)2-3-7(5)8;/h2-4,8H,1H3,(H,9,10,11);/q;+1/p-1. The Morgan fingerprint density at radius 2 is 1.92 bits per heavy atom. The van der Waals surface area contributed by atoms with Gasteiger partial charge in [-0.1, -0.05) is 0 Å². The summed E-state index contributed by atoms with van der Waals surface area (Å²) in [6.45, 7) is 1.52. The maximum absolute atomic E-state index is 10.5. The van der Waals surface area contributed by atoms with E-state index in [1.54, 1.807) is 0 Å². The van der Waals surface area contributed by atoms with Crippen LogP contribution in [0.4, 0.5) is 0 Å².